The molecule has 0 saturated carbocycles. The summed E-state index contributed by atoms with van der Waals surface area (Å²) in [6.07, 6.45) is 1.90. The van der Waals surface area contributed by atoms with E-state index in [2.05, 4.69) is 156 Å². The van der Waals surface area contributed by atoms with Crippen LogP contribution >= 0.6 is 0 Å². The fourth-order valence-corrected chi connectivity index (χ4v) is 9.06. The van der Waals surface area contributed by atoms with E-state index in [1.165, 1.54) is 88.5 Å². The maximum absolute atomic E-state index is 6.77. The van der Waals surface area contributed by atoms with Gasteiger partial charge in [-0.2, -0.15) is 0 Å². The molecule has 3 nitrogen and oxygen atoms in total. The van der Waals surface area contributed by atoms with Gasteiger partial charge in [-0.15, -0.1) is 0 Å². The van der Waals surface area contributed by atoms with Crippen molar-refractivity contribution >= 4 is 43.7 Å². The topological polar surface area (TPSA) is 23.0 Å². The number of fused-ring (bicyclic) bond motifs is 13. The minimum absolute atomic E-state index is 0.0933. The molecule has 9 aromatic rings. The molecule has 0 atom stereocenters. The molecule has 228 valence electrons. The Morgan fingerprint density at radius 1 is 0.521 bits per heavy atom. The fraction of sp³-hybridized carbons (Fsp3) is 0.111. The number of hydrogen-bond acceptors (Lipinski definition) is 1. The lowest BCUT2D eigenvalue weighted by molar-refractivity contribution is 0.620. The molecule has 2 aliphatic carbocycles. The summed E-state index contributed by atoms with van der Waals surface area (Å²) in [4.78, 5) is 0. The zero-order chi connectivity index (χ0) is 31.7. The number of para-hydroxylation sites is 3. The number of rotatable bonds is 2. The van der Waals surface area contributed by atoms with Gasteiger partial charge in [-0.25, -0.2) is 0 Å². The third kappa shape index (κ3) is 3.28. The van der Waals surface area contributed by atoms with Crippen LogP contribution in [0.3, 0.4) is 0 Å². The lowest BCUT2D eigenvalue weighted by Gasteiger charge is -2.22. The van der Waals surface area contributed by atoms with Crippen LogP contribution in [-0.4, -0.2) is 9.13 Å². The average Bonchev–Trinajstić information content (AvgIpc) is 3.83. The number of hydrogen-bond donors (Lipinski definition) is 0. The van der Waals surface area contributed by atoms with Crippen LogP contribution in [0.15, 0.2) is 138 Å². The smallest absolute Gasteiger partial charge is 0.141 e. The van der Waals surface area contributed by atoms with E-state index in [1.807, 2.05) is 0 Å². The molecule has 3 heterocycles. The van der Waals surface area contributed by atoms with Gasteiger partial charge < -0.3 is 13.6 Å². The van der Waals surface area contributed by atoms with E-state index in [4.69, 9.17) is 4.42 Å². The van der Waals surface area contributed by atoms with Crippen molar-refractivity contribution in [2.75, 3.05) is 0 Å². The minimum Gasteiger partial charge on any atom is -0.456 e. The molecular formula is C45H32N2O. The lowest BCUT2D eigenvalue weighted by Crippen LogP contribution is -2.15. The first-order valence-corrected chi connectivity index (χ1v) is 17.0. The summed E-state index contributed by atoms with van der Waals surface area (Å²) in [5.74, 6) is 1.03. The van der Waals surface area contributed by atoms with Crippen molar-refractivity contribution in [1.82, 2.24) is 9.13 Å². The molecule has 3 aromatic heterocycles. The summed E-state index contributed by atoms with van der Waals surface area (Å²) in [6, 6.07) is 49.0. The quantitative estimate of drug-likeness (QED) is 0.189. The van der Waals surface area contributed by atoms with Crippen LogP contribution in [0.25, 0.3) is 77.5 Å². The van der Waals surface area contributed by atoms with Crippen molar-refractivity contribution in [1.29, 1.82) is 0 Å². The molecule has 0 fully saturated rings. The van der Waals surface area contributed by atoms with Gasteiger partial charge in [-0.05, 0) is 83.6 Å². The number of furan rings is 1. The monoisotopic (exact) mass is 616 g/mol. The Labute approximate surface area is 278 Å². The van der Waals surface area contributed by atoms with Crippen LogP contribution in [0.5, 0.6) is 0 Å². The highest BCUT2D eigenvalue weighted by Crippen LogP contribution is 2.53. The standard InChI is InChI=1S/C45H32N2O/c1-45(2)36-17-9-6-14-29(36)34-25-35-41(26-37(34)45)47(39-23-22-33-32-16-8-11-19-42(32)48-44(33)43(35)39)28-20-21-31-30-15-7-10-18-38(30)46(40(31)24-28)27-12-4-3-5-13-27/h3-21,24-26H,22-23H2,1-2H3. The molecular weight excluding hydrogens is 585 g/mol. The molecule has 0 radical (unpaired) electrons. The third-order valence-corrected chi connectivity index (χ3v) is 11.2. The van der Waals surface area contributed by atoms with Gasteiger partial charge in [-0.1, -0.05) is 98.8 Å². The maximum atomic E-state index is 6.77. The van der Waals surface area contributed by atoms with Crippen molar-refractivity contribution < 1.29 is 4.42 Å². The fourth-order valence-electron chi connectivity index (χ4n) is 9.06. The van der Waals surface area contributed by atoms with Gasteiger partial charge in [0.2, 0.25) is 0 Å². The molecule has 0 amide bonds. The van der Waals surface area contributed by atoms with E-state index in [1.54, 1.807) is 0 Å². The molecule has 2 aliphatic rings. The Bertz CT molecular complexity index is 2800. The molecule has 0 spiro atoms. The van der Waals surface area contributed by atoms with Crippen LogP contribution in [0.4, 0.5) is 0 Å². The second-order valence-corrected chi connectivity index (χ2v) is 14.0. The average molecular weight is 617 g/mol. The van der Waals surface area contributed by atoms with Gasteiger partial charge in [0.25, 0.3) is 0 Å². The van der Waals surface area contributed by atoms with Crippen LogP contribution in [-0.2, 0) is 18.3 Å². The number of aromatic nitrogens is 2. The highest BCUT2D eigenvalue weighted by Gasteiger charge is 2.38. The second-order valence-electron chi connectivity index (χ2n) is 14.0. The Kier molecular flexibility index (Phi) is 5.02. The number of nitrogens with zero attached hydrogens (tertiary/aromatic N) is 2. The minimum atomic E-state index is -0.0933. The Morgan fingerprint density at radius 2 is 1.25 bits per heavy atom. The van der Waals surface area contributed by atoms with Gasteiger partial charge in [0.15, 0.2) is 0 Å². The first-order valence-electron chi connectivity index (χ1n) is 17.0. The zero-order valence-electron chi connectivity index (χ0n) is 26.9. The summed E-state index contributed by atoms with van der Waals surface area (Å²) in [5.41, 5.74) is 16.3. The highest BCUT2D eigenvalue weighted by molar-refractivity contribution is 6.10. The lowest BCUT2D eigenvalue weighted by atomic mass is 9.82. The third-order valence-electron chi connectivity index (χ3n) is 11.2. The van der Waals surface area contributed by atoms with Crippen LogP contribution in [0, 0.1) is 0 Å². The van der Waals surface area contributed by atoms with Gasteiger partial charge >= 0.3 is 0 Å². The zero-order valence-corrected chi connectivity index (χ0v) is 26.9. The van der Waals surface area contributed by atoms with Gasteiger partial charge in [-0.3, -0.25) is 0 Å². The molecule has 6 aromatic carbocycles. The first-order chi connectivity index (χ1) is 23.6. The first kappa shape index (κ1) is 26.3. The summed E-state index contributed by atoms with van der Waals surface area (Å²) in [6.45, 7) is 4.75. The summed E-state index contributed by atoms with van der Waals surface area (Å²) >= 11 is 0. The molecule has 0 N–H and O–H groups in total. The maximum Gasteiger partial charge on any atom is 0.141 e. The largest absolute Gasteiger partial charge is 0.456 e. The van der Waals surface area contributed by atoms with Gasteiger partial charge in [0.05, 0.1) is 16.6 Å². The molecule has 48 heavy (non-hydrogen) atoms. The van der Waals surface area contributed by atoms with Crippen LogP contribution in [0.2, 0.25) is 0 Å². The van der Waals surface area contributed by atoms with Crippen molar-refractivity contribution in [3.63, 3.8) is 0 Å². The van der Waals surface area contributed by atoms with E-state index >= 15 is 0 Å². The molecule has 0 saturated heterocycles. The Balaban J connectivity index is 1.26. The van der Waals surface area contributed by atoms with E-state index < -0.39 is 0 Å². The number of benzene rings is 6. The normalized spacial score (nSPS) is 14.5. The van der Waals surface area contributed by atoms with Crippen LogP contribution in [0.1, 0.15) is 36.2 Å². The molecule has 3 heteroatoms. The van der Waals surface area contributed by atoms with E-state index in [0.29, 0.717) is 0 Å². The van der Waals surface area contributed by atoms with Crippen molar-refractivity contribution in [3.05, 3.63) is 156 Å². The summed E-state index contributed by atoms with van der Waals surface area (Å²) in [7, 11) is 0. The van der Waals surface area contributed by atoms with Gasteiger partial charge in [0, 0.05) is 55.2 Å². The van der Waals surface area contributed by atoms with Crippen molar-refractivity contribution in [3.8, 4) is 33.8 Å². The SMILES string of the molecule is CC1(C)c2ccccc2-c2cc3c4c(n(-c5ccc6c7ccccc7n(-c7ccccc7)c6c5)c3cc21)CCc1c-4oc2ccccc12. The molecule has 0 unspecified atom stereocenters. The summed E-state index contributed by atoms with van der Waals surface area (Å²) < 4.78 is 11.7. The Hall–Kier alpha value is -5.80. The van der Waals surface area contributed by atoms with Crippen LogP contribution < -0.4 is 0 Å². The predicted octanol–water partition coefficient (Wildman–Crippen LogP) is 11.5. The second kappa shape index (κ2) is 9.17. The van der Waals surface area contributed by atoms with Gasteiger partial charge in [0.1, 0.15) is 11.3 Å². The van der Waals surface area contributed by atoms with E-state index in [0.717, 1.165) is 24.2 Å². The highest BCUT2D eigenvalue weighted by atomic mass is 16.3. The van der Waals surface area contributed by atoms with E-state index in [9.17, 15) is 0 Å². The van der Waals surface area contributed by atoms with Crippen molar-refractivity contribution in [2.24, 2.45) is 0 Å². The Morgan fingerprint density at radius 3 is 2.15 bits per heavy atom. The molecule has 11 rings (SSSR count). The molecule has 0 bridgehead atoms. The predicted molar refractivity (Wildman–Crippen MR) is 198 cm³/mol. The molecule has 0 aliphatic heterocycles. The summed E-state index contributed by atoms with van der Waals surface area (Å²) in [5, 5.41) is 5.03. The number of aryl methyl sites for hydroxylation is 1. The van der Waals surface area contributed by atoms with Crippen molar-refractivity contribution in [2.45, 2.75) is 32.1 Å². The van der Waals surface area contributed by atoms with E-state index in [-0.39, 0.29) is 5.41 Å².